The molecular formula is C14H13N3O2. The zero-order chi connectivity index (χ0) is 12.8. The van der Waals surface area contributed by atoms with Crippen molar-refractivity contribution >= 4 is 10.9 Å². The molecule has 0 unspecified atom stereocenters. The largest absolute Gasteiger partial charge is 0.439 e. The van der Waals surface area contributed by atoms with Gasteiger partial charge in [-0.15, -0.1) is 0 Å². The first-order valence-electron chi connectivity index (χ1n) is 6.45. The number of H-pyrrole nitrogens is 1. The van der Waals surface area contributed by atoms with E-state index in [1.807, 2.05) is 18.2 Å². The number of fused-ring (bicyclic) bond motifs is 1. The summed E-state index contributed by atoms with van der Waals surface area (Å²) in [4.78, 5) is 13.6. The van der Waals surface area contributed by atoms with Gasteiger partial charge in [0, 0.05) is 23.8 Å². The van der Waals surface area contributed by atoms with Gasteiger partial charge >= 0.3 is 5.76 Å². The van der Waals surface area contributed by atoms with E-state index in [0.717, 1.165) is 18.0 Å². The monoisotopic (exact) mass is 255 g/mol. The quantitative estimate of drug-likeness (QED) is 0.781. The van der Waals surface area contributed by atoms with Crippen molar-refractivity contribution in [2.45, 2.75) is 19.4 Å². The van der Waals surface area contributed by atoms with Gasteiger partial charge in [-0.25, -0.2) is 4.79 Å². The highest BCUT2D eigenvalue weighted by Crippen LogP contribution is 2.32. The summed E-state index contributed by atoms with van der Waals surface area (Å²) in [5, 5.41) is 4.93. The van der Waals surface area contributed by atoms with Crippen LogP contribution in [0.1, 0.15) is 12.8 Å². The van der Waals surface area contributed by atoms with Crippen molar-refractivity contribution in [3.05, 3.63) is 41.0 Å². The number of nitrogens with zero attached hydrogens (tertiary/aromatic N) is 2. The van der Waals surface area contributed by atoms with Crippen LogP contribution in [0.5, 0.6) is 0 Å². The summed E-state index contributed by atoms with van der Waals surface area (Å²) in [6, 6.07) is 8.15. The maximum atomic E-state index is 11.0. The fraction of sp³-hybridized carbons (Fsp3) is 0.286. The number of benzene rings is 1. The molecule has 0 bridgehead atoms. The molecule has 1 aromatic carbocycles. The average Bonchev–Trinajstić information content (AvgIpc) is 2.99. The number of aromatic nitrogens is 3. The van der Waals surface area contributed by atoms with Crippen LogP contribution in [0.25, 0.3) is 22.3 Å². The molecule has 1 N–H and O–H groups in total. The number of nitrogens with one attached hydrogen (secondary N) is 1. The summed E-state index contributed by atoms with van der Waals surface area (Å²) >= 11 is 0. The molecule has 0 amide bonds. The first-order chi connectivity index (χ1) is 9.29. The summed E-state index contributed by atoms with van der Waals surface area (Å²) < 4.78 is 6.82. The molecule has 2 aromatic heterocycles. The molecule has 0 radical (unpaired) electrons. The molecule has 2 heterocycles. The van der Waals surface area contributed by atoms with Crippen molar-refractivity contribution in [2.24, 2.45) is 5.92 Å². The van der Waals surface area contributed by atoms with E-state index in [0.29, 0.717) is 5.82 Å². The highest BCUT2D eigenvalue weighted by atomic mass is 16.5. The Morgan fingerprint density at radius 2 is 2.26 bits per heavy atom. The number of hydrogen-bond donors (Lipinski definition) is 1. The van der Waals surface area contributed by atoms with Crippen LogP contribution < -0.4 is 5.76 Å². The molecule has 1 fully saturated rings. The van der Waals surface area contributed by atoms with E-state index in [2.05, 4.69) is 31.5 Å². The van der Waals surface area contributed by atoms with E-state index in [1.54, 1.807) is 0 Å². The molecule has 3 aromatic rings. The molecule has 5 nitrogen and oxygen atoms in total. The summed E-state index contributed by atoms with van der Waals surface area (Å²) in [5.41, 5.74) is 2.04. The second-order valence-corrected chi connectivity index (χ2v) is 5.13. The van der Waals surface area contributed by atoms with Crippen molar-refractivity contribution in [3.63, 3.8) is 0 Å². The van der Waals surface area contributed by atoms with Gasteiger partial charge in [0.05, 0.1) is 0 Å². The first-order valence-corrected chi connectivity index (χ1v) is 6.45. The molecule has 0 saturated heterocycles. The molecule has 1 saturated carbocycles. The van der Waals surface area contributed by atoms with E-state index in [9.17, 15) is 4.79 Å². The van der Waals surface area contributed by atoms with Gasteiger partial charge in [-0.05, 0) is 36.3 Å². The second kappa shape index (κ2) is 3.85. The number of aromatic amines is 1. The summed E-state index contributed by atoms with van der Waals surface area (Å²) in [6.45, 7) is 1.07. The predicted octanol–water partition coefficient (Wildman–Crippen LogP) is 2.39. The average molecular weight is 255 g/mol. The smallest absolute Gasteiger partial charge is 0.347 e. The van der Waals surface area contributed by atoms with Crippen LogP contribution in [0.4, 0.5) is 0 Å². The van der Waals surface area contributed by atoms with Gasteiger partial charge < -0.3 is 4.57 Å². The lowest BCUT2D eigenvalue weighted by molar-refractivity contribution is 0.388. The Hall–Kier alpha value is -2.30. The van der Waals surface area contributed by atoms with E-state index in [-0.39, 0.29) is 0 Å². The van der Waals surface area contributed by atoms with Gasteiger partial charge in [0.25, 0.3) is 0 Å². The highest BCUT2D eigenvalue weighted by Gasteiger charge is 2.22. The minimum absolute atomic E-state index is 0.478. The third-order valence-corrected chi connectivity index (χ3v) is 3.64. The molecule has 0 spiro atoms. The minimum Gasteiger partial charge on any atom is -0.347 e. The summed E-state index contributed by atoms with van der Waals surface area (Å²) in [6.07, 6.45) is 4.78. The molecule has 96 valence electrons. The van der Waals surface area contributed by atoms with Crippen LogP contribution in [0.3, 0.4) is 0 Å². The van der Waals surface area contributed by atoms with Gasteiger partial charge in [0.15, 0.2) is 5.82 Å². The summed E-state index contributed by atoms with van der Waals surface area (Å²) in [5.74, 6) is 0.778. The molecular weight excluding hydrogens is 242 g/mol. The van der Waals surface area contributed by atoms with Gasteiger partial charge in [0.2, 0.25) is 0 Å². The minimum atomic E-state index is -0.525. The zero-order valence-electron chi connectivity index (χ0n) is 10.3. The Balaban J connectivity index is 1.82. The Bertz CT molecular complexity index is 792. The van der Waals surface area contributed by atoms with E-state index in [1.165, 1.54) is 23.7 Å². The van der Waals surface area contributed by atoms with Crippen LogP contribution in [0.15, 0.2) is 39.8 Å². The van der Waals surface area contributed by atoms with E-state index >= 15 is 0 Å². The second-order valence-electron chi connectivity index (χ2n) is 5.13. The Kier molecular flexibility index (Phi) is 2.15. The molecule has 5 heteroatoms. The highest BCUT2D eigenvalue weighted by molar-refractivity contribution is 5.84. The lowest BCUT2D eigenvalue weighted by atomic mass is 10.1. The van der Waals surface area contributed by atoms with E-state index in [4.69, 9.17) is 0 Å². The lowest BCUT2D eigenvalue weighted by Gasteiger charge is -2.04. The standard InChI is InChI=1S/C14H13N3O2/c18-14-15-13(16-19-14)11-4-3-10-5-6-17(12(10)7-11)8-9-1-2-9/h3-7,9H,1-2,8H2,(H,15,16,18). The van der Waals surface area contributed by atoms with Crippen molar-refractivity contribution in [1.29, 1.82) is 0 Å². The number of rotatable bonds is 3. The van der Waals surface area contributed by atoms with Gasteiger partial charge in [0.1, 0.15) is 0 Å². The van der Waals surface area contributed by atoms with Crippen molar-refractivity contribution in [1.82, 2.24) is 14.7 Å². The molecule has 0 atom stereocenters. The maximum Gasteiger partial charge on any atom is 0.439 e. The Morgan fingerprint density at radius 1 is 1.37 bits per heavy atom. The third-order valence-electron chi connectivity index (χ3n) is 3.64. The molecule has 19 heavy (non-hydrogen) atoms. The van der Waals surface area contributed by atoms with Gasteiger partial charge in [-0.1, -0.05) is 17.3 Å². The van der Waals surface area contributed by atoms with Crippen molar-refractivity contribution in [3.8, 4) is 11.4 Å². The van der Waals surface area contributed by atoms with Crippen molar-refractivity contribution in [2.75, 3.05) is 0 Å². The SMILES string of the molecule is O=c1[nH]c(-c2ccc3ccn(CC4CC4)c3c2)no1. The maximum absolute atomic E-state index is 11.0. The normalized spacial score (nSPS) is 15.2. The van der Waals surface area contributed by atoms with Crippen molar-refractivity contribution < 1.29 is 4.52 Å². The van der Waals surface area contributed by atoms with Crippen LogP contribution in [-0.4, -0.2) is 14.7 Å². The topological polar surface area (TPSA) is 63.8 Å². The Morgan fingerprint density at radius 3 is 3.00 bits per heavy atom. The lowest BCUT2D eigenvalue weighted by Crippen LogP contribution is -1.98. The van der Waals surface area contributed by atoms with Crippen LogP contribution in [0, 0.1) is 5.92 Å². The van der Waals surface area contributed by atoms with Crippen LogP contribution in [-0.2, 0) is 6.54 Å². The first kappa shape index (κ1) is 10.6. The molecule has 4 rings (SSSR count). The third kappa shape index (κ3) is 1.87. The van der Waals surface area contributed by atoms with Gasteiger partial charge in [-0.2, -0.15) is 0 Å². The molecule has 1 aliphatic carbocycles. The summed E-state index contributed by atoms with van der Waals surface area (Å²) in [7, 11) is 0. The fourth-order valence-corrected chi connectivity index (χ4v) is 2.42. The number of hydrogen-bond acceptors (Lipinski definition) is 3. The van der Waals surface area contributed by atoms with E-state index < -0.39 is 5.76 Å². The van der Waals surface area contributed by atoms with Crippen LogP contribution >= 0.6 is 0 Å². The molecule has 0 aliphatic heterocycles. The van der Waals surface area contributed by atoms with Crippen LogP contribution in [0.2, 0.25) is 0 Å². The Labute approximate surface area is 108 Å². The predicted molar refractivity (Wildman–Crippen MR) is 70.8 cm³/mol. The van der Waals surface area contributed by atoms with Gasteiger partial charge in [-0.3, -0.25) is 9.51 Å². The molecule has 1 aliphatic rings. The zero-order valence-corrected chi connectivity index (χ0v) is 10.3. The fourth-order valence-electron chi connectivity index (χ4n) is 2.42.